The number of nitrogens with two attached hydrogens (primary N) is 1. The van der Waals surface area contributed by atoms with Gasteiger partial charge in [0.05, 0.1) is 11.7 Å². The molecule has 2 N–H and O–H groups in total. The summed E-state index contributed by atoms with van der Waals surface area (Å²) in [4.78, 5) is 8.49. The molecule has 1 aliphatic carbocycles. The first-order valence-corrected chi connectivity index (χ1v) is 6.33. The third-order valence-corrected chi connectivity index (χ3v) is 3.79. The Balaban J connectivity index is 2.06. The molecule has 0 spiro atoms. The Labute approximate surface area is 101 Å². The van der Waals surface area contributed by atoms with Gasteiger partial charge in [-0.1, -0.05) is 19.8 Å². The number of hydrogen-bond donors (Lipinski definition) is 1. The molecule has 90 valence electrons. The molecular formula is C13H18N4. The first-order valence-electron chi connectivity index (χ1n) is 6.33. The lowest BCUT2D eigenvalue weighted by molar-refractivity contribution is 0.289. The zero-order valence-corrected chi connectivity index (χ0v) is 10.1. The van der Waals surface area contributed by atoms with E-state index in [4.69, 9.17) is 5.73 Å². The second kappa shape index (κ2) is 4.02. The molecule has 4 nitrogen and oxygen atoms in total. The molecule has 2 aromatic rings. The van der Waals surface area contributed by atoms with Gasteiger partial charge in [0, 0.05) is 12.2 Å². The number of rotatable bonds is 1. The SMILES string of the molecule is CC1CCCC(n2c(N)nc3cnccc32)C1. The first-order chi connectivity index (χ1) is 8.25. The molecule has 0 saturated heterocycles. The normalized spacial score (nSPS) is 25.2. The van der Waals surface area contributed by atoms with E-state index in [1.54, 1.807) is 6.20 Å². The zero-order chi connectivity index (χ0) is 11.8. The molecule has 4 heteroatoms. The minimum absolute atomic E-state index is 0.506. The molecule has 0 aromatic carbocycles. The third-order valence-electron chi connectivity index (χ3n) is 3.79. The number of imidazole rings is 1. The van der Waals surface area contributed by atoms with E-state index in [1.807, 2.05) is 12.3 Å². The number of nitrogens with zero attached hydrogens (tertiary/aromatic N) is 3. The fourth-order valence-electron chi connectivity index (χ4n) is 2.99. The van der Waals surface area contributed by atoms with E-state index in [9.17, 15) is 0 Å². The number of aromatic nitrogens is 3. The van der Waals surface area contributed by atoms with E-state index < -0.39 is 0 Å². The molecule has 0 amide bonds. The van der Waals surface area contributed by atoms with Crippen molar-refractivity contribution in [3.8, 4) is 0 Å². The van der Waals surface area contributed by atoms with Crippen molar-refractivity contribution in [1.29, 1.82) is 0 Å². The van der Waals surface area contributed by atoms with Gasteiger partial charge in [0.15, 0.2) is 0 Å². The fraction of sp³-hybridized carbons (Fsp3) is 0.538. The molecule has 2 heterocycles. The molecule has 0 aliphatic heterocycles. The standard InChI is InChI=1S/C13H18N4/c1-9-3-2-4-10(7-9)17-12-5-6-15-8-11(12)16-13(17)14/h5-6,8-10H,2-4,7H2,1H3,(H2,14,16). The van der Waals surface area contributed by atoms with E-state index in [-0.39, 0.29) is 0 Å². The van der Waals surface area contributed by atoms with Crippen molar-refractivity contribution in [3.63, 3.8) is 0 Å². The summed E-state index contributed by atoms with van der Waals surface area (Å²) in [7, 11) is 0. The summed E-state index contributed by atoms with van der Waals surface area (Å²) in [5.74, 6) is 1.42. The molecule has 17 heavy (non-hydrogen) atoms. The van der Waals surface area contributed by atoms with E-state index in [0.717, 1.165) is 17.0 Å². The molecule has 3 rings (SSSR count). The van der Waals surface area contributed by atoms with Crippen LogP contribution in [0, 0.1) is 5.92 Å². The summed E-state index contributed by atoms with van der Waals surface area (Å²) in [5, 5.41) is 0. The van der Waals surface area contributed by atoms with E-state index in [0.29, 0.717) is 12.0 Å². The molecule has 1 fully saturated rings. The van der Waals surface area contributed by atoms with Crippen molar-refractivity contribution in [2.75, 3.05) is 5.73 Å². The van der Waals surface area contributed by atoms with Gasteiger partial charge in [-0.3, -0.25) is 4.98 Å². The summed E-state index contributed by atoms with van der Waals surface area (Å²) in [6.45, 7) is 2.32. The van der Waals surface area contributed by atoms with Gasteiger partial charge in [0.25, 0.3) is 0 Å². The van der Waals surface area contributed by atoms with Crippen LogP contribution >= 0.6 is 0 Å². The Morgan fingerprint density at radius 3 is 3.12 bits per heavy atom. The van der Waals surface area contributed by atoms with Crippen molar-refractivity contribution in [3.05, 3.63) is 18.5 Å². The molecule has 2 atom stereocenters. The Bertz CT molecular complexity index is 531. The summed E-state index contributed by atoms with van der Waals surface area (Å²) in [5.41, 5.74) is 8.08. The lowest BCUT2D eigenvalue weighted by atomic mass is 9.87. The highest BCUT2D eigenvalue weighted by atomic mass is 15.2. The van der Waals surface area contributed by atoms with Gasteiger partial charge in [-0.25, -0.2) is 4.98 Å². The van der Waals surface area contributed by atoms with Crippen LogP contribution in [0.15, 0.2) is 18.5 Å². The monoisotopic (exact) mass is 230 g/mol. The minimum Gasteiger partial charge on any atom is -0.369 e. The largest absolute Gasteiger partial charge is 0.369 e. The lowest BCUT2D eigenvalue weighted by Crippen LogP contribution is -2.19. The smallest absolute Gasteiger partial charge is 0.201 e. The highest BCUT2D eigenvalue weighted by Crippen LogP contribution is 2.35. The van der Waals surface area contributed by atoms with Crippen LogP contribution in [0.4, 0.5) is 5.95 Å². The topological polar surface area (TPSA) is 56.7 Å². The number of anilines is 1. The summed E-state index contributed by atoms with van der Waals surface area (Å²) in [6, 6.07) is 2.52. The van der Waals surface area contributed by atoms with Gasteiger partial charge in [-0.2, -0.15) is 0 Å². The van der Waals surface area contributed by atoms with Crippen LogP contribution in [0.2, 0.25) is 0 Å². The highest BCUT2D eigenvalue weighted by molar-refractivity contribution is 5.77. The number of fused-ring (bicyclic) bond motifs is 1. The summed E-state index contributed by atoms with van der Waals surface area (Å²) >= 11 is 0. The summed E-state index contributed by atoms with van der Waals surface area (Å²) in [6.07, 6.45) is 8.64. The molecule has 1 aliphatic rings. The average Bonchev–Trinajstić information content (AvgIpc) is 2.64. The number of hydrogen-bond acceptors (Lipinski definition) is 3. The van der Waals surface area contributed by atoms with Crippen LogP contribution in [0.3, 0.4) is 0 Å². The molecule has 1 saturated carbocycles. The van der Waals surface area contributed by atoms with E-state index in [1.165, 1.54) is 25.7 Å². The van der Waals surface area contributed by atoms with Gasteiger partial charge in [-0.15, -0.1) is 0 Å². The van der Waals surface area contributed by atoms with E-state index >= 15 is 0 Å². The number of pyridine rings is 1. The molecule has 2 unspecified atom stereocenters. The molecule has 0 radical (unpaired) electrons. The Morgan fingerprint density at radius 2 is 2.29 bits per heavy atom. The minimum atomic E-state index is 0.506. The predicted molar refractivity (Wildman–Crippen MR) is 68.6 cm³/mol. The Hall–Kier alpha value is -1.58. The predicted octanol–water partition coefficient (Wildman–Crippen LogP) is 2.76. The van der Waals surface area contributed by atoms with Gasteiger partial charge < -0.3 is 10.3 Å². The van der Waals surface area contributed by atoms with Crippen LogP contribution in [0.5, 0.6) is 0 Å². The average molecular weight is 230 g/mol. The molecular weight excluding hydrogens is 212 g/mol. The van der Waals surface area contributed by atoms with Crippen LogP contribution < -0.4 is 5.73 Å². The molecule has 0 bridgehead atoms. The maximum Gasteiger partial charge on any atom is 0.201 e. The maximum atomic E-state index is 6.05. The van der Waals surface area contributed by atoms with Gasteiger partial charge in [0.1, 0.15) is 5.52 Å². The van der Waals surface area contributed by atoms with Crippen LogP contribution in [-0.4, -0.2) is 14.5 Å². The lowest BCUT2D eigenvalue weighted by Gasteiger charge is -2.28. The zero-order valence-electron chi connectivity index (χ0n) is 10.1. The Kier molecular flexibility index (Phi) is 2.50. The fourth-order valence-corrected chi connectivity index (χ4v) is 2.99. The van der Waals surface area contributed by atoms with Crippen molar-refractivity contribution < 1.29 is 0 Å². The van der Waals surface area contributed by atoms with Crippen molar-refractivity contribution in [1.82, 2.24) is 14.5 Å². The van der Waals surface area contributed by atoms with Gasteiger partial charge >= 0.3 is 0 Å². The third kappa shape index (κ3) is 1.77. The quantitative estimate of drug-likeness (QED) is 0.819. The van der Waals surface area contributed by atoms with Gasteiger partial charge in [0.2, 0.25) is 5.95 Å². The van der Waals surface area contributed by atoms with Crippen molar-refractivity contribution in [2.24, 2.45) is 5.92 Å². The van der Waals surface area contributed by atoms with Crippen molar-refractivity contribution >= 4 is 17.0 Å². The first kappa shape index (κ1) is 10.6. The van der Waals surface area contributed by atoms with Gasteiger partial charge in [-0.05, 0) is 24.8 Å². The van der Waals surface area contributed by atoms with Crippen LogP contribution in [-0.2, 0) is 0 Å². The van der Waals surface area contributed by atoms with E-state index in [2.05, 4.69) is 21.5 Å². The second-order valence-corrected chi connectivity index (χ2v) is 5.13. The summed E-state index contributed by atoms with van der Waals surface area (Å²) < 4.78 is 2.20. The number of nitrogen functional groups attached to an aromatic ring is 1. The second-order valence-electron chi connectivity index (χ2n) is 5.13. The van der Waals surface area contributed by atoms with Crippen molar-refractivity contribution in [2.45, 2.75) is 38.6 Å². The maximum absolute atomic E-state index is 6.05. The Morgan fingerprint density at radius 1 is 1.41 bits per heavy atom. The highest BCUT2D eigenvalue weighted by Gasteiger charge is 2.23. The molecule has 2 aromatic heterocycles. The van der Waals surface area contributed by atoms with Crippen LogP contribution in [0.25, 0.3) is 11.0 Å². The van der Waals surface area contributed by atoms with Crippen LogP contribution in [0.1, 0.15) is 38.6 Å².